The van der Waals surface area contributed by atoms with Crippen molar-refractivity contribution >= 4 is 11.6 Å². The Kier molecular flexibility index (Phi) is 4.46. The van der Waals surface area contributed by atoms with Crippen molar-refractivity contribution in [2.75, 3.05) is 24.8 Å². The van der Waals surface area contributed by atoms with Gasteiger partial charge in [0.2, 0.25) is 12.7 Å². The van der Waals surface area contributed by atoms with Gasteiger partial charge < -0.3 is 19.7 Å². The van der Waals surface area contributed by atoms with E-state index in [0.717, 1.165) is 35.2 Å². The van der Waals surface area contributed by atoms with Crippen LogP contribution >= 0.6 is 0 Å². The highest BCUT2D eigenvalue weighted by atomic mass is 16.7. The van der Waals surface area contributed by atoms with Crippen LogP contribution in [0.3, 0.4) is 0 Å². The summed E-state index contributed by atoms with van der Waals surface area (Å²) in [7, 11) is 0. The van der Waals surface area contributed by atoms with Gasteiger partial charge in [0.25, 0.3) is 0 Å². The van der Waals surface area contributed by atoms with Crippen LogP contribution in [-0.2, 0) is 11.3 Å². The lowest BCUT2D eigenvalue weighted by molar-refractivity contribution is -0.119. The minimum Gasteiger partial charge on any atom is -0.454 e. The fraction of sp³-hybridized carbons (Fsp3) is 0.350. The van der Waals surface area contributed by atoms with Crippen molar-refractivity contribution in [3.05, 3.63) is 54.1 Å². The van der Waals surface area contributed by atoms with Crippen LogP contribution in [0.25, 0.3) is 0 Å². The molecular weight excluding hydrogens is 316 g/mol. The Morgan fingerprint density at radius 2 is 1.88 bits per heavy atom. The summed E-state index contributed by atoms with van der Waals surface area (Å²) < 4.78 is 10.7. The van der Waals surface area contributed by atoms with E-state index < -0.39 is 0 Å². The molecule has 25 heavy (non-hydrogen) atoms. The van der Waals surface area contributed by atoms with Gasteiger partial charge in [-0.3, -0.25) is 4.79 Å². The Hall–Kier alpha value is -2.69. The van der Waals surface area contributed by atoms with Gasteiger partial charge in [0, 0.05) is 18.8 Å². The number of ether oxygens (including phenoxy) is 2. The molecule has 2 aromatic carbocycles. The molecule has 1 N–H and O–H groups in total. The van der Waals surface area contributed by atoms with Gasteiger partial charge in [-0.05, 0) is 48.6 Å². The van der Waals surface area contributed by atoms with E-state index in [1.54, 1.807) is 0 Å². The van der Waals surface area contributed by atoms with Gasteiger partial charge in [0.05, 0.1) is 6.54 Å². The molecule has 0 radical (unpaired) electrons. The number of fused-ring (bicyclic) bond motifs is 1. The van der Waals surface area contributed by atoms with E-state index in [9.17, 15) is 4.79 Å². The largest absolute Gasteiger partial charge is 0.454 e. The Labute approximate surface area is 147 Å². The summed E-state index contributed by atoms with van der Waals surface area (Å²) in [6.07, 6.45) is 2.53. The lowest BCUT2D eigenvalue weighted by Gasteiger charge is -2.24. The van der Waals surface area contributed by atoms with Crippen LogP contribution in [0.4, 0.5) is 5.69 Å². The Morgan fingerprint density at radius 3 is 2.68 bits per heavy atom. The van der Waals surface area contributed by atoms with Crippen molar-refractivity contribution in [3.8, 4) is 11.5 Å². The molecule has 5 nitrogen and oxygen atoms in total. The first-order valence-corrected chi connectivity index (χ1v) is 8.73. The number of anilines is 1. The maximum Gasteiger partial charge on any atom is 0.239 e. The van der Waals surface area contributed by atoms with Gasteiger partial charge in [-0.1, -0.05) is 24.3 Å². The van der Waals surface area contributed by atoms with Crippen molar-refractivity contribution in [2.45, 2.75) is 19.4 Å². The van der Waals surface area contributed by atoms with E-state index in [-0.39, 0.29) is 12.7 Å². The van der Waals surface area contributed by atoms with E-state index in [1.807, 2.05) is 36.4 Å². The highest BCUT2D eigenvalue weighted by Gasteiger charge is 2.25. The van der Waals surface area contributed by atoms with Crippen LogP contribution < -0.4 is 19.7 Å². The molecule has 1 amide bonds. The molecule has 0 atom stereocenters. The molecule has 1 fully saturated rings. The van der Waals surface area contributed by atoms with E-state index in [2.05, 4.69) is 22.3 Å². The number of hydrogen-bond donors (Lipinski definition) is 1. The minimum absolute atomic E-state index is 0.0298. The Morgan fingerprint density at radius 1 is 1.08 bits per heavy atom. The van der Waals surface area contributed by atoms with Gasteiger partial charge in [-0.15, -0.1) is 0 Å². The van der Waals surface area contributed by atoms with Crippen molar-refractivity contribution in [1.82, 2.24) is 5.32 Å². The second-order valence-electron chi connectivity index (χ2n) is 6.62. The predicted molar refractivity (Wildman–Crippen MR) is 95.8 cm³/mol. The molecule has 1 heterocycles. The zero-order valence-electron chi connectivity index (χ0n) is 14.1. The third-order valence-corrected chi connectivity index (χ3v) is 4.56. The number of carbonyl (C=O) groups excluding carboxylic acids is 1. The molecule has 130 valence electrons. The number of hydrogen-bond acceptors (Lipinski definition) is 4. The lowest BCUT2D eigenvalue weighted by Crippen LogP contribution is -2.38. The van der Waals surface area contributed by atoms with Crippen LogP contribution in [-0.4, -0.2) is 25.8 Å². The normalized spacial score (nSPS) is 15.0. The number of nitrogens with one attached hydrogen (secondary N) is 1. The van der Waals surface area contributed by atoms with E-state index in [1.165, 1.54) is 12.8 Å². The molecule has 2 aliphatic rings. The van der Waals surface area contributed by atoms with Crippen molar-refractivity contribution in [1.29, 1.82) is 0 Å². The first-order chi connectivity index (χ1) is 12.3. The molecule has 1 aliphatic carbocycles. The van der Waals surface area contributed by atoms with Gasteiger partial charge >= 0.3 is 0 Å². The maximum atomic E-state index is 12.4. The van der Waals surface area contributed by atoms with Crippen LogP contribution in [0.15, 0.2) is 48.5 Å². The Balaban J connectivity index is 1.35. The average Bonchev–Trinajstić information content (AvgIpc) is 3.34. The summed E-state index contributed by atoms with van der Waals surface area (Å²) in [6.45, 7) is 2.08. The Bertz CT molecular complexity index is 744. The zero-order chi connectivity index (χ0) is 17.1. The fourth-order valence-corrected chi connectivity index (χ4v) is 2.99. The number of amides is 1. The standard InChI is InChI=1S/C20H22N2O3/c23-20(21-11-16-8-9-18-19(10-16)25-14-24-18)13-22(12-15-6-7-15)17-4-2-1-3-5-17/h1-5,8-10,15H,6-7,11-14H2,(H,21,23). The third-order valence-electron chi connectivity index (χ3n) is 4.56. The van der Waals surface area contributed by atoms with E-state index in [4.69, 9.17) is 9.47 Å². The molecule has 2 aromatic rings. The molecule has 1 saturated carbocycles. The lowest BCUT2D eigenvalue weighted by atomic mass is 10.2. The van der Waals surface area contributed by atoms with Crippen LogP contribution in [0.5, 0.6) is 11.5 Å². The fourth-order valence-electron chi connectivity index (χ4n) is 2.99. The van der Waals surface area contributed by atoms with Crippen molar-refractivity contribution in [2.24, 2.45) is 5.92 Å². The van der Waals surface area contributed by atoms with E-state index in [0.29, 0.717) is 13.1 Å². The summed E-state index contributed by atoms with van der Waals surface area (Å²) >= 11 is 0. The predicted octanol–water partition coefficient (Wildman–Crippen LogP) is 2.95. The topological polar surface area (TPSA) is 50.8 Å². The molecule has 0 spiro atoms. The molecule has 1 aliphatic heterocycles. The highest BCUT2D eigenvalue weighted by Crippen LogP contribution is 2.32. The minimum atomic E-state index is 0.0298. The maximum absolute atomic E-state index is 12.4. The molecule has 0 aromatic heterocycles. The number of rotatable bonds is 7. The second kappa shape index (κ2) is 7.05. The summed E-state index contributed by atoms with van der Waals surface area (Å²) in [5, 5.41) is 3.01. The summed E-state index contributed by atoms with van der Waals surface area (Å²) in [5.41, 5.74) is 2.11. The quantitative estimate of drug-likeness (QED) is 0.843. The van der Waals surface area contributed by atoms with Crippen LogP contribution in [0.2, 0.25) is 0 Å². The molecular formula is C20H22N2O3. The number of benzene rings is 2. The van der Waals surface area contributed by atoms with Crippen LogP contribution in [0, 0.1) is 5.92 Å². The molecule has 5 heteroatoms. The van der Waals surface area contributed by atoms with E-state index >= 15 is 0 Å². The number of carbonyl (C=O) groups is 1. The number of nitrogens with zero attached hydrogens (tertiary/aromatic N) is 1. The smallest absolute Gasteiger partial charge is 0.239 e. The monoisotopic (exact) mass is 338 g/mol. The van der Waals surface area contributed by atoms with Crippen molar-refractivity contribution in [3.63, 3.8) is 0 Å². The van der Waals surface area contributed by atoms with Gasteiger partial charge in [0.1, 0.15) is 0 Å². The SMILES string of the molecule is O=C(CN(CC1CC1)c1ccccc1)NCc1ccc2c(c1)OCO2. The third kappa shape index (κ3) is 4.05. The highest BCUT2D eigenvalue weighted by molar-refractivity contribution is 5.81. The first kappa shape index (κ1) is 15.8. The van der Waals surface area contributed by atoms with Gasteiger partial charge in [0.15, 0.2) is 11.5 Å². The van der Waals surface area contributed by atoms with Gasteiger partial charge in [-0.2, -0.15) is 0 Å². The van der Waals surface area contributed by atoms with Gasteiger partial charge in [-0.25, -0.2) is 0 Å². The average molecular weight is 338 g/mol. The molecule has 4 rings (SSSR count). The molecule has 0 unspecified atom stereocenters. The van der Waals surface area contributed by atoms with Crippen LogP contribution in [0.1, 0.15) is 18.4 Å². The molecule has 0 saturated heterocycles. The number of para-hydroxylation sites is 1. The first-order valence-electron chi connectivity index (χ1n) is 8.73. The zero-order valence-corrected chi connectivity index (χ0v) is 14.1. The summed E-state index contributed by atoms with van der Waals surface area (Å²) in [4.78, 5) is 14.6. The second-order valence-corrected chi connectivity index (χ2v) is 6.62. The molecule has 0 bridgehead atoms. The summed E-state index contributed by atoms with van der Waals surface area (Å²) in [6, 6.07) is 15.9. The van der Waals surface area contributed by atoms with Crippen molar-refractivity contribution < 1.29 is 14.3 Å². The summed E-state index contributed by atoms with van der Waals surface area (Å²) in [5.74, 6) is 2.25.